The quantitative estimate of drug-likeness (QED) is 0.718. The van der Waals surface area contributed by atoms with Gasteiger partial charge in [-0.1, -0.05) is 0 Å². The molecule has 1 heterocycles. The third-order valence-electron chi connectivity index (χ3n) is 1.08. The summed E-state index contributed by atoms with van der Waals surface area (Å²) in [5, 5.41) is 2.50. The Labute approximate surface area is 62.4 Å². The fourth-order valence-corrected chi connectivity index (χ4v) is 0.634. The highest BCUT2D eigenvalue weighted by Gasteiger charge is 2.01. The fourth-order valence-electron chi connectivity index (χ4n) is 0.634. The number of hydrogen-bond acceptors (Lipinski definition) is 3. The number of oxazole rings is 1. The van der Waals surface area contributed by atoms with Crippen molar-refractivity contribution in [3.8, 4) is 0 Å². The Morgan fingerprint density at radius 1 is 1.64 bits per heavy atom. The van der Waals surface area contributed by atoms with Crippen LogP contribution in [0.15, 0.2) is 17.0 Å². The van der Waals surface area contributed by atoms with Crippen LogP contribution in [-0.4, -0.2) is 18.0 Å². The Bertz CT molecular complexity index is 188. The first-order valence-corrected chi connectivity index (χ1v) is 3.15. The normalized spacial score (nSPS) is 10.8. The molecule has 0 saturated heterocycles. The first-order chi connectivity index (χ1) is 5.29. The van der Waals surface area contributed by atoms with Gasteiger partial charge in [0.25, 0.3) is 6.43 Å². The largest absolute Gasteiger partial charge is 0.447 e. The van der Waals surface area contributed by atoms with Gasteiger partial charge >= 0.3 is 0 Å². The molecule has 0 aliphatic heterocycles. The van der Waals surface area contributed by atoms with E-state index in [2.05, 4.69) is 10.3 Å². The van der Waals surface area contributed by atoms with Gasteiger partial charge in [0.1, 0.15) is 5.76 Å². The van der Waals surface area contributed by atoms with Crippen molar-refractivity contribution in [1.29, 1.82) is 0 Å². The van der Waals surface area contributed by atoms with Gasteiger partial charge in [0.15, 0.2) is 6.39 Å². The van der Waals surface area contributed by atoms with Crippen LogP contribution in [0.2, 0.25) is 0 Å². The number of halogens is 2. The van der Waals surface area contributed by atoms with Gasteiger partial charge in [0, 0.05) is 0 Å². The number of nitrogens with one attached hydrogen (secondary N) is 1. The van der Waals surface area contributed by atoms with E-state index in [0.717, 1.165) is 0 Å². The molecule has 0 saturated carbocycles. The van der Waals surface area contributed by atoms with Crippen molar-refractivity contribution in [1.82, 2.24) is 10.3 Å². The molecule has 0 amide bonds. The van der Waals surface area contributed by atoms with Gasteiger partial charge in [-0.3, -0.25) is 0 Å². The van der Waals surface area contributed by atoms with Crippen LogP contribution < -0.4 is 5.32 Å². The van der Waals surface area contributed by atoms with E-state index >= 15 is 0 Å². The number of hydrogen-bond donors (Lipinski definition) is 1. The Morgan fingerprint density at radius 3 is 3.00 bits per heavy atom. The molecule has 0 fully saturated rings. The van der Waals surface area contributed by atoms with Crippen molar-refractivity contribution in [2.24, 2.45) is 0 Å². The molecule has 0 aliphatic rings. The molecule has 1 aromatic heterocycles. The van der Waals surface area contributed by atoms with E-state index in [-0.39, 0.29) is 6.54 Å². The highest BCUT2D eigenvalue weighted by molar-refractivity contribution is 4.86. The molecule has 0 aromatic carbocycles. The lowest BCUT2D eigenvalue weighted by molar-refractivity contribution is 0.145. The van der Waals surface area contributed by atoms with Gasteiger partial charge in [0.2, 0.25) is 0 Å². The van der Waals surface area contributed by atoms with Crippen LogP contribution in [0.4, 0.5) is 8.78 Å². The highest BCUT2D eigenvalue weighted by atomic mass is 19.3. The van der Waals surface area contributed by atoms with E-state index in [9.17, 15) is 8.78 Å². The number of aromatic nitrogens is 1. The summed E-state index contributed by atoms with van der Waals surface area (Å²) in [7, 11) is 0. The summed E-state index contributed by atoms with van der Waals surface area (Å²) >= 11 is 0. The summed E-state index contributed by atoms with van der Waals surface area (Å²) in [6.45, 7) is -0.0228. The number of nitrogens with zero attached hydrogens (tertiary/aromatic N) is 1. The van der Waals surface area contributed by atoms with Crippen LogP contribution in [0, 0.1) is 0 Å². The van der Waals surface area contributed by atoms with Crippen molar-refractivity contribution >= 4 is 0 Å². The molecule has 1 aromatic rings. The summed E-state index contributed by atoms with van der Waals surface area (Å²) in [6, 6.07) is 0. The maximum Gasteiger partial charge on any atom is 0.250 e. The van der Waals surface area contributed by atoms with E-state index in [1.54, 1.807) is 0 Å². The van der Waals surface area contributed by atoms with E-state index in [1.165, 1.54) is 12.6 Å². The van der Waals surface area contributed by atoms with E-state index in [4.69, 9.17) is 4.42 Å². The molecule has 0 unspecified atom stereocenters. The van der Waals surface area contributed by atoms with Crippen molar-refractivity contribution in [3.63, 3.8) is 0 Å². The van der Waals surface area contributed by atoms with Crippen LogP contribution in [0.25, 0.3) is 0 Å². The Hall–Kier alpha value is -0.970. The topological polar surface area (TPSA) is 38.1 Å². The smallest absolute Gasteiger partial charge is 0.250 e. The lowest BCUT2D eigenvalue weighted by Crippen LogP contribution is -2.20. The molecular weight excluding hydrogens is 154 g/mol. The van der Waals surface area contributed by atoms with Gasteiger partial charge in [0.05, 0.1) is 19.3 Å². The minimum atomic E-state index is -2.32. The predicted octanol–water partition coefficient (Wildman–Crippen LogP) is 1.03. The summed E-state index contributed by atoms with van der Waals surface area (Å²) in [5.74, 6) is 0.561. The third kappa shape index (κ3) is 3.08. The first kappa shape index (κ1) is 8.13. The zero-order valence-electron chi connectivity index (χ0n) is 5.76. The lowest BCUT2D eigenvalue weighted by atomic mass is 10.5. The molecule has 0 atom stereocenters. The third-order valence-corrected chi connectivity index (χ3v) is 1.08. The lowest BCUT2D eigenvalue weighted by Gasteiger charge is -1.99. The van der Waals surface area contributed by atoms with Gasteiger partial charge in [-0.2, -0.15) is 0 Å². The van der Waals surface area contributed by atoms with Crippen LogP contribution in [0.3, 0.4) is 0 Å². The molecule has 1 N–H and O–H groups in total. The van der Waals surface area contributed by atoms with E-state index < -0.39 is 6.43 Å². The number of rotatable bonds is 4. The molecule has 0 radical (unpaired) electrons. The Balaban J connectivity index is 2.14. The maximum absolute atomic E-state index is 11.6. The van der Waals surface area contributed by atoms with Gasteiger partial charge in [-0.15, -0.1) is 0 Å². The summed E-state index contributed by atoms with van der Waals surface area (Å²) in [6.07, 6.45) is 0.427. The van der Waals surface area contributed by atoms with Crippen molar-refractivity contribution in [3.05, 3.63) is 18.4 Å². The van der Waals surface area contributed by atoms with Gasteiger partial charge in [-0.25, -0.2) is 13.8 Å². The maximum atomic E-state index is 11.6. The van der Waals surface area contributed by atoms with Crippen molar-refractivity contribution in [2.45, 2.75) is 13.0 Å². The highest BCUT2D eigenvalue weighted by Crippen LogP contribution is 1.95. The average molecular weight is 162 g/mol. The minimum absolute atomic E-state index is 0.296. The molecule has 62 valence electrons. The molecule has 0 spiro atoms. The zero-order valence-corrected chi connectivity index (χ0v) is 5.76. The first-order valence-electron chi connectivity index (χ1n) is 3.15. The second-order valence-electron chi connectivity index (χ2n) is 1.99. The standard InChI is InChI=1S/C6H8F2N2O/c7-6(8)3-9-1-5-2-10-4-11-5/h2,4,6,9H,1,3H2. The van der Waals surface area contributed by atoms with Gasteiger partial charge < -0.3 is 9.73 Å². The molecule has 5 heteroatoms. The fraction of sp³-hybridized carbons (Fsp3) is 0.500. The Kier molecular flexibility index (Phi) is 2.97. The summed E-state index contributed by atoms with van der Waals surface area (Å²) in [5.41, 5.74) is 0. The minimum Gasteiger partial charge on any atom is -0.447 e. The second-order valence-corrected chi connectivity index (χ2v) is 1.99. The molecule has 11 heavy (non-hydrogen) atoms. The zero-order chi connectivity index (χ0) is 8.10. The van der Waals surface area contributed by atoms with E-state index in [1.807, 2.05) is 0 Å². The molecule has 1 rings (SSSR count). The van der Waals surface area contributed by atoms with Crippen molar-refractivity contribution < 1.29 is 13.2 Å². The number of alkyl halides is 2. The predicted molar refractivity (Wildman–Crippen MR) is 34.2 cm³/mol. The van der Waals surface area contributed by atoms with Crippen LogP contribution in [-0.2, 0) is 6.54 Å². The van der Waals surface area contributed by atoms with Gasteiger partial charge in [-0.05, 0) is 0 Å². The summed E-state index contributed by atoms with van der Waals surface area (Å²) < 4.78 is 27.9. The molecule has 0 bridgehead atoms. The SMILES string of the molecule is FC(F)CNCc1cnco1. The van der Waals surface area contributed by atoms with E-state index in [0.29, 0.717) is 12.3 Å². The van der Waals surface area contributed by atoms with Crippen LogP contribution >= 0.6 is 0 Å². The van der Waals surface area contributed by atoms with Crippen LogP contribution in [0.1, 0.15) is 5.76 Å². The van der Waals surface area contributed by atoms with Crippen molar-refractivity contribution in [2.75, 3.05) is 6.54 Å². The monoisotopic (exact) mass is 162 g/mol. The summed E-state index contributed by atoms with van der Waals surface area (Å²) in [4.78, 5) is 3.63. The average Bonchev–Trinajstić information content (AvgIpc) is 2.39. The second kappa shape index (κ2) is 4.02. The van der Waals surface area contributed by atoms with Crippen LogP contribution in [0.5, 0.6) is 0 Å². The molecule has 3 nitrogen and oxygen atoms in total. The molecular formula is C6H8F2N2O. The Morgan fingerprint density at radius 2 is 2.45 bits per heavy atom. The molecule has 0 aliphatic carbocycles.